The molecule has 1 aliphatic heterocycles. The van der Waals surface area contributed by atoms with E-state index in [9.17, 15) is 21.6 Å². The van der Waals surface area contributed by atoms with Gasteiger partial charge in [-0.1, -0.05) is 47.5 Å². The Labute approximate surface area is 226 Å². The van der Waals surface area contributed by atoms with Gasteiger partial charge in [-0.2, -0.15) is 0 Å². The first-order valence-electron chi connectivity index (χ1n) is 11.4. The Hall–Kier alpha value is -2.63. The van der Waals surface area contributed by atoms with Crippen LogP contribution in [0.5, 0.6) is 0 Å². The number of rotatable bonds is 8. The molecule has 0 aliphatic carbocycles. The molecule has 1 heterocycles. The molecule has 8 nitrogen and oxygen atoms in total. The summed E-state index contributed by atoms with van der Waals surface area (Å²) in [6.07, 6.45) is 0.750. The average molecular weight is 583 g/mol. The molecule has 0 radical (unpaired) electrons. The highest BCUT2D eigenvalue weighted by Gasteiger charge is 2.31. The second-order valence-electron chi connectivity index (χ2n) is 8.66. The number of piperidine rings is 1. The largest absolute Gasteiger partial charge is 0.326 e. The van der Waals surface area contributed by atoms with E-state index in [-0.39, 0.29) is 35.6 Å². The van der Waals surface area contributed by atoms with Crippen molar-refractivity contribution in [3.8, 4) is 0 Å². The fourth-order valence-corrected chi connectivity index (χ4v) is 6.94. The van der Waals surface area contributed by atoms with Gasteiger partial charge < -0.3 is 5.32 Å². The number of halogens is 2. The molecule has 12 heteroatoms. The molecule has 196 valence electrons. The highest BCUT2D eigenvalue weighted by atomic mass is 35.5. The van der Waals surface area contributed by atoms with Crippen LogP contribution in [0.25, 0.3) is 0 Å². The van der Waals surface area contributed by atoms with Crippen LogP contribution in [-0.2, 0) is 30.6 Å². The van der Waals surface area contributed by atoms with E-state index in [1.807, 2.05) is 0 Å². The van der Waals surface area contributed by atoms with E-state index in [4.69, 9.17) is 23.2 Å². The number of hydrogen-bond donors (Lipinski definition) is 2. The maximum Gasteiger partial charge on any atom is 0.261 e. The summed E-state index contributed by atoms with van der Waals surface area (Å²) in [4.78, 5) is 12.8. The first-order valence-corrected chi connectivity index (χ1v) is 15.3. The van der Waals surface area contributed by atoms with Crippen LogP contribution in [0, 0.1) is 5.92 Å². The van der Waals surface area contributed by atoms with E-state index in [0.717, 1.165) is 0 Å². The molecule has 0 spiro atoms. The molecule has 3 aromatic rings. The number of para-hydroxylation sites is 1. The standard InChI is InChI=1S/C25H25Cl2N3O5S2/c26-23-11-6-18(16-24(23)27)17-36(32,33)30-14-12-19(13-15-30)25(31)28-20-7-9-22(10-8-20)37(34,35)29-21-4-2-1-3-5-21/h1-11,16,19,29H,12-15,17H2,(H,28,31). The predicted molar refractivity (Wildman–Crippen MR) is 146 cm³/mol. The Balaban J connectivity index is 1.31. The summed E-state index contributed by atoms with van der Waals surface area (Å²) >= 11 is 11.9. The number of carbonyl (C=O) groups is 1. The minimum Gasteiger partial charge on any atom is -0.326 e. The number of nitrogens with zero attached hydrogens (tertiary/aromatic N) is 1. The van der Waals surface area contributed by atoms with Crippen molar-refractivity contribution in [2.75, 3.05) is 23.1 Å². The van der Waals surface area contributed by atoms with E-state index < -0.39 is 20.0 Å². The van der Waals surface area contributed by atoms with E-state index in [2.05, 4.69) is 10.0 Å². The van der Waals surface area contributed by atoms with Gasteiger partial charge in [0.1, 0.15) is 0 Å². The number of benzene rings is 3. The van der Waals surface area contributed by atoms with Crippen LogP contribution < -0.4 is 10.0 Å². The minimum atomic E-state index is -3.77. The van der Waals surface area contributed by atoms with Crippen LogP contribution in [0.1, 0.15) is 18.4 Å². The molecule has 0 aromatic heterocycles. The van der Waals surface area contributed by atoms with Crippen LogP contribution in [0.15, 0.2) is 77.7 Å². The topological polar surface area (TPSA) is 113 Å². The van der Waals surface area contributed by atoms with Crippen molar-refractivity contribution in [2.45, 2.75) is 23.5 Å². The molecule has 0 bridgehead atoms. The molecular weight excluding hydrogens is 557 g/mol. The summed E-state index contributed by atoms with van der Waals surface area (Å²) in [6, 6.07) is 19.1. The van der Waals surface area contributed by atoms with E-state index in [1.165, 1.54) is 34.6 Å². The quantitative estimate of drug-likeness (QED) is 0.389. The monoisotopic (exact) mass is 581 g/mol. The third-order valence-electron chi connectivity index (χ3n) is 6.01. The zero-order chi connectivity index (χ0) is 26.6. The van der Waals surface area contributed by atoms with Crippen LogP contribution >= 0.6 is 23.2 Å². The van der Waals surface area contributed by atoms with Crippen molar-refractivity contribution in [3.63, 3.8) is 0 Å². The molecule has 0 atom stereocenters. The smallest absolute Gasteiger partial charge is 0.261 e. The van der Waals surface area contributed by atoms with Crippen molar-refractivity contribution >= 4 is 60.5 Å². The second kappa shape index (κ2) is 11.4. The van der Waals surface area contributed by atoms with Gasteiger partial charge in [-0.05, 0) is 66.9 Å². The maximum absolute atomic E-state index is 12.8. The number of hydrogen-bond acceptors (Lipinski definition) is 5. The van der Waals surface area contributed by atoms with Gasteiger partial charge in [0.25, 0.3) is 10.0 Å². The molecule has 2 N–H and O–H groups in total. The third-order valence-corrected chi connectivity index (χ3v) is 10.00. The maximum atomic E-state index is 12.8. The third kappa shape index (κ3) is 7.03. The second-order valence-corrected chi connectivity index (χ2v) is 13.1. The highest BCUT2D eigenvalue weighted by Crippen LogP contribution is 2.27. The van der Waals surface area contributed by atoms with Crippen molar-refractivity contribution in [1.82, 2.24) is 4.31 Å². The molecule has 1 aliphatic rings. The summed E-state index contributed by atoms with van der Waals surface area (Å²) in [6.45, 7) is 0.453. The zero-order valence-electron chi connectivity index (χ0n) is 19.6. The van der Waals surface area contributed by atoms with Gasteiger partial charge in [-0.15, -0.1) is 0 Å². The van der Waals surface area contributed by atoms with Gasteiger partial charge in [0.15, 0.2) is 0 Å². The fourth-order valence-electron chi connectivity index (χ4n) is 4.01. The lowest BCUT2D eigenvalue weighted by atomic mass is 9.97. The number of amides is 1. The first-order chi connectivity index (χ1) is 17.5. The van der Waals surface area contributed by atoms with Crippen LogP contribution in [0.2, 0.25) is 10.0 Å². The minimum absolute atomic E-state index is 0.0647. The van der Waals surface area contributed by atoms with Crippen LogP contribution in [0.3, 0.4) is 0 Å². The molecule has 1 fully saturated rings. The lowest BCUT2D eigenvalue weighted by Crippen LogP contribution is -2.41. The Morgan fingerprint density at radius 2 is 1.49 bits per heavy atom. The van der Waals surface area contributed by atoms with E-state index >= 15 is 0 Å². The molecule has 1 amide bonds. The van der Waals surface area contributed by atoms with Gasteiger partial charge >= 0.3 is 0 Å². The Kier molecular flexibility index (Phi) is 8.45. The summed E-state index contributed by atoms with van der Waals surface area (Å²) < 4.78 is 54.7. The number of carbonyl (C=O) groups excluding carboxylic acids is 1. The van der Waals surface area contributed by atoms with Crippen molar-refractivity contribution < 1.29 is 21.6 Å². The van der Waals surface area contributed by atoms with E-state index in [0.29, 0.717) is 39.8 Å². The summed E-state index contributed by atoms with van der Waals surface area (Å²) in [5, 5.41) is 3.45. The normalized spacial score (nSPS) is 15.3. The lowest BCUT2D eigenvalue weighted by molar-refractivity contribution is -0.120. The number of sulfonamides is 2. The predicted octanol–water partition coefficient (Wildman–Crippen LogP) is 4.97. The van der Waals surface area contributed by atoms with Gasteiger partial charge in [0, 0.05) is 30.4 Å². The van der Waals surface area contributed by atoms with E-state index in [1.54, 1.807) is 42.5 Å². The Bertz CT molecular complexity index is 1470. The van der Waals surface area contributed by atoms with Crippen molar-refractivity contribution in [2.24, 2.45) is 5.92 Å². The van der Waals surface area contributed by atoms with Gasteiger partial charge in [0.05, 0.1) is 20.7 Å². The Morgan fingerprint density at radius 1 is 0.838 bits per heavy atom. The van der Waals surface area contributed by atoms with Gasteiger partial charge in [0.2, 0.25) is 15.9 Å². The highest BCUT2D eigenvalue weighted by molar-refractivity contribution is 7.92. The number of nitrogens with one attached hydrogen (secondary N) is 2. The molecular formula is C25H25Cl2N3O5S2. The fraction of sp³-hybridized carbons (Fsp3) is 0.240. The molecule has 0 unspecified atom stereocenters. The SMILES string of the molecule is O=C(Nc1ccc(S(=O)(=O)Nc2ccccc2)cc1)C1CCN(S(=O)(=O)Cc2ccc(Cl)c(Cl)c2)CC1. The molecule has 1 saturated heterocycles. The Morgan fingerprint density at radius 3 is 2.11 bits per heavy atom. The lowest BCUT2D eigenvalue weighted by Gasteiger charge is -2.30. The van der Waals surface area contributed by atoms with Gasteiger partial charge in [-0.3, -0.25) is 9.52 Å². The molecule has 4 rings (SSSR count). The average Bonchev–Trinajstić information content (AvgIpc) is 2.87. The van der Waals surface area contributed by atoms with Crippen LogP contribution in [0.4, 0.5) is 11.4 Å². The molecule has 37 heavy (non-hydrogen) atoms. The summed E-state index contributed by atoms with van der Waals surface area (Å²) in [7, 11) is -7.34. The van der Waals surface area contributed by atoms with Crippen molar-refractivity contribution in [3.05, 3.63) is 88.4 Å². The molecule has 0 saturated carbocycles. The molecule has 3 aromatic carbocycles. The van der Waals surface area contributed by atoms with Crippen LogP contribution in [-0.4, -0.2) is 40.1 Å². The zero-order valence-corrected chi connectivity index (χ0v) is 22.7. The van der Waals surface area contributed by atoms with Crippen molar-refractivity contribution in [1.29, 1.82) is 0 Å². The van der Waals surface area contributed by atoms with Gasteiger partial charge in [-0.25, -0.2) is 21.1 Å². The first kappa shape index (κ1) is 27.4. The summed E-state index contributed by atoms with van der Waals surface area (Å²) in [5.41, 5.74) is 1.45. The number of anilines is 2. The summed E-state index contributed by atoms with van der Waals surface area (Å²) in [5.74, 6) is -0.797.